The molecule has 1 amide bonds. The van der Waals surface area contributed by atoms with E-state index in [2.05, 4.69) is 10.6 Å². The van der Waals surface area contributed by atoms with E-state index in [-0.39, 0.29) is 24.1 Å². The summed E-state index contributed by atoms with van der Waals surface area (Å²) >= 11 is 1.56. The molecule has 2 N–H and O–H groups in total. The molecule has 1 aromatic rings. The molecule has 0 radical (unpaired) electrons. The molecule has 2 rings (SSSR count). The van der Waals surface area contributed by atoms with E-state index in [0.29, 0.717) is 18.9 Å². The second-order valence-electron chi connectivity index (χ2n) is 5.13. The average Bonchev–Trinajstić information content (AvgIpc) is 2.96. The van der Waals surface area contributed by atoms with Gasteiger partial charge in [0.15, 0.2) is 0 Å². The summed E-state index contributed by atoms with van der Waals surface area (Å²) in [5.41, 5.74) is 0.841. The fourth-order valence-electron chi connectivity index (χ4n) is 2.46. The molecule has 0 spiro atoms. The number of carbonyl (C=O) groups excluding carboxylic acids is 1. The van der Waals surface area contributed by atoms with Gasteiger partial charge in [-0.25, -0.2) is 4.39 Å². The Kier molecular flexibility index (Phi) is 8.07. The van der Waals surface area contributed by atoms with Crippen molar-refractivity contribution in [2.24, 2.45) is 5.92 Å². The Morgan fingerprint density at radius 1 is 1.52 bits per heavy atom. The van der Waals surface area contributed by atoms with E-state index in [1.54, 1.807) is 17.8 Å². The molecule has 118 valence electrons. The minimum Gasteiger partial charge on any atom is -0.352 e. The molecule has 1 atom stereocenters. The molecule has 1 fully saturated rings. The Labute approximate surface area is 135 Å². The van der Waals surface area contributed by atoms with Crippen LogP contribution in [-0.2, 0) is 11.3 Å². The predicted molar refractivity (Wildman–Crippen MR) is 87.5 cm³/mol. The van der Waals surface area contributed by atoms with Gasteiger partial charge in [0.1, 0.15) is 5.82 Å². The summed E-state index contributed by atoms with van der Waals surface area (Å²) in [6, 6.07) is 4.70. The van der Waals surface area contributed by atoms with Crippen LogP contribution in [0.15, 0.2) is 23.1 Å². The predicted octanol–water partition coefficient (Wildman–Crippen LogP) is 2.98. The van der Waals surface area contributed by atoms with Gasteiger partial charge in [0.05, 0.1) is 0 Å². The van der Waals surface area contributed by atoms with E-state index in [9.17, 15) is 9.18 Å². The molecule has 1 saturated heterocycles. The second-order valence-corrected chi connectivity index (χ2v) is 5.98. The third-order valence-electron chi connectivity index (χ3n) is 3.66. The van der Waals surface area contributed by atoms with Crippen LogP contribution in [0.5, 0.6) is 0 Å². The first-order valence-corrected chi connectivity index (χ1v) is 8.21. The lowest BCUT2D eigenvalue weighted by molar-refractivity contribution is -0.121. The number of amides is 1. The molecule has 1 aliphatic rings. The minimum absolute atomic E-state index is 0. The Bertz CT molecular complexity index is 467. The molecular weight excluding hydrogens is 311 g/mol. The van der Waals surface area contributed by atoms with Gasteiger partial charge in [-0.15, -0.1) is 24.2 Å². The number of rotatable bonds is 6. The number of thioether (sulfide) groups is 1. The molecule has 21 heavy (non-hydrogen) atoms. The highest BCUT2D eigenvalue weighted by atomic mass is 35.5. The summed E-state index contributed by atoms with van der Waals surface area (Å²) in [6.45, 7) is 2.48. The van der Waals surface area contributed by atoms with Crippen molar-refractivity contribution in [1.29, 1.82) is 0 Å². The van der Waals surface area contributed by atoms with Gasteiger partial charge in [0, 0.05) is 17.9 Å². The summed E-state index contributed by atoms with van der Waals surface area (Å²) in [6.07, 6.45) is 4.59. The summed E-state index contributed by atoms with van der Waals surface area (Å²) in [7, 11) is 0. The standard InChI is InChI=1S/C15H21FN2OS.ClH/c1-20-14-4-3-13(16)8-12(14)10-18-15(19)5-2-11-6-7-17-9-11;/h3-4,8,11,17H,2,5-7,9-10H2,1H3,(H,18,19);1H. The van der Waals surface area contributed by atoms with Gasteiger partial charge in [0.25, 0.3) is 0 Å². The van der Waals surface area contributed by atoms with Gasteiger partial charge < -0.3 is 10.6 Å². The summed E-state index contributed by atoms with van der Waals surface area (Å²) in [5.74, 6) is 0.411. The van der Waals surface area contributed by atoms with E-state index < -0.39 is 0 Å². The van der Waals surface area contributed by atoms with Crippen molar-refractivity contribution in [2.75, 3.05) is 19.3 Å². The number of hydrogen-bond acceptors (Lipinski definition) is 3. The lowest BCUT2D eigenvalue weighted by Crippen LogP contribution is -2.23. The Hall–Kier alpha value is -0.780. The van der Waals surface area contributed by atoms with Crippen LogP contribution in [0.3, 0.4) is 0 Å². The lowest BCUT2D eigenvalue weighted by Gasteiger charge is -2.11. The maximum absolute atomic E-state index is 13.2. The molecule has 0 aliphatic carbocycles. The molecule has 0 aromatic heterocycles. The maximum atomic E-state index is 13.2. The molecule has 6 heteroatoms. The number of hydrogen-bond donors (Lipinski definition) is 2. The Balaban J connectivity index is 0.00000220. The first-order chi connectivity index (χ1) is 9.69. The molecular formula is C15H22ClFN2OS. The quantitative estimate of drug-likeness (QED) is 0.787. The van der Waals surface area contributed by atoms with Gasteiger partial charge in [-0.2, -0.15) is 0 Å². The zero-order chi connectivity index (χ0) is 14.4. The zero-order valence-corrected chi connectivity index (χ0v) is 13.8. The highest BCUT2D eigenvalue weighted by molar-refractivity contribution is 7.98. The van der Waals surface area contributed by atoms with E-state index in [1.807, 2.05) is 6.26 Å². The fraction of sp³-hybridized carbons (Fsp3) is 0.533. The van der Waals surface area contributed by atoms with Crippen molar-refractivity contribution in [1.82, 2.24) is 10.6 Å². The van der Waals surface area contributed by atoms with Crippen molar-refractivity contribution in [2.45, 2.75) is 30.7 Å². The fourth-order valence-corrected chi connectivity index (χ4v) is 3.06. The van der Waals surface area contributed by atoms with E-state index in [4.69, 9.17) is 0 Å². The zero-order valence-electron chi connectivity index (χ0n) is 12.2. The third-order valence-corrected chi connectivity index (χ3v) is 4.50. The number of carbonyl (C=O) groups is 1. The Morgan fingerprint density at radius 2 is 2.33 bits per heavy atom. The second kappa shape index (κ2) is 9.28. The van der Waals surface area contributed by atoms with Crippen LogP contribution in [0.25, 0.3) is 0 Å². The maximum Gasteiger partial charge on any atom is 0.220 e. The third kappa shape index (κ3) is 5.85. The van der Waals surface area contributed by atoms with Crippen LogP contribution in [0.4, 0.5) is 4.39 Å². The highest BCUT2D eigenvalue weighted by Crippen LogP contribution is 2.21. The molecule has 3 nitrogen and oxygen atoms in total. The summed E-state index contributed by atoms with van der Waals surface area (Å²) < 4.78 is 13.2. The number of nitrogens with one attached hydrogen (secondary N) is 2. The smallest absolute Gasteiger partial charge is 0.220 e. The summed E-state index contributed by atoms with van der Waals surface area (Å²) in [4.78, 5) is 12.8. The van der Waals surface area contributed by atoms with E-state index in [1.165, 1.54) is 12.1 Å². The van der Waals surface area contributed by atoms with Crippen molar-refractivity contribution in [3.63, 3.8) is 0 Å². The molecule has 0 saturated carbocycles. The molecule has 1 unspecified atom stereocenters. The van der Waals surface area contributed by atoms with Crippen LogP contribution >= 0.6 is 24.2 Å². The topological polar surface area (TPSA) is 41.1 Å². The van der Waals surface area contributed by atoms with Gasteiger partial charge in [0.2, 0.25) is 5.91 Å². The van der Waals surface area contributed by atoms with Crippen LogP contribution in [0, 0.1) is 11.7 Å². The molecule has 1 aromatic carbocycles. The van der Waals surface area contributed by atoms with Crippen LogP contribution in [-0.4, -0.2) is 25.3 Å². The van der Waals surface area contributed by atoms with Gasteiger partial charge in [-0.3, -0.25) is 4.79 Å². The highest BCUT2D eigenvalue weighted by Gasteiger charge is 2.15. The van der Waals surface area contributed by atoms with Crippen LogP contribution in [0.2, 0.25) is 0 Å². The molecule has 0 bridgehead atoms. The first-order valence-electron chi connectivity index (χ1n) is 6.99. The normalized spacial score (nSPS) is 17.3. The monoisotopic (exact) mass is 332 g/mol. The van der Waals surface area contributed by atoms with Crippen LogP contribution < -0.4 is 10.6 Å². The molecule has 1 heterocycles. The average molecular weight is 333 g/mol. The summed E-state index contributed by atoms with van der Waals surface area (Å²) in [5, 5.41) is 6.18. The van der Waals surface area contributed by atoms with Crippen molar-refractivity contribution >= 4 is 30.1 Å². The van der Waals surface area contributed by atoms with Gasteiger partial charge in [-0.05, 0) is 61.9 Å². The lowest BCUT2D eigenvalue weighted by atomic mass is 10.0. The van der Waals surface area contributed by atoms with E-state index >= 15 is 0 Å². The van der Waals surface area contributed by atoms with Crippen molar-refractivity contribution in [3.8, 4) is 0 Å². The van der Waals surface area contributed by atoms with Crippen molar-refractivity contribution < 1.29 is 9.18 Å². The molecule has 1 aliphatic heterocycles. The van der Waals surface area contributed by atoms with Gasteiger partial charge in [-0.1, -0.05) is 0 Å². The van der Waals surface area contributed by atoms with Crippen molar-refractivity contribution in [3.05, 3.63) is 29.6 Å². The van der Waals surface area contributed by atoms with Crippen LogP contribution in [0.1, 0.15) is 24.8 Å². The number of benzene rings is 1. The van der Waals surface area contributed by atoms with E-state index in [0.717, 1.165) is 36.4 Å². The largest absolute Gasteiger partial charge is 0.352 e. The number of halogens is 2. The Morgan fingerprint density at radius 3 is 3.00 bits per heavy atom. The minimum atomic E-state index is -0.260. The SMILES string of the molecule is CSc1ccc(F)cc1CNC(=O)CCC1CCNC1.Cl. The van der Waals surface area contributed by atoms with Gasteiger partial charge >= 0.3 is 0 Å². The first kappa shape index (κ1) is 18.3.